The van der Waals surface area contributed by atoms with Crippen LogP contribution >= 0.6 is 0 Å². The maximum absolute atomic E-state index is 6.59. The van der Waals surface area contributed by atoms with Crippen molar-refractivity contribution in [3.05, 3.63) is 158 Å². The van der Waals surface area contributed by atoms with Gasteiger partial charge < -0.3 is 13.9 Å². The van der Waals surface area contributed by atoms with Gasteiger partial charge in [-0.2, -0.15) is 0 Å². The fraction of sp³-hybridized carbons (Fsp3) is 0.0233. The number of ether oxygens (including phenoxy) is 1. The number of imidazole rings is 1. The van der Waals surface area contributed by atoms with Gasteiger partial charge in [-0.15, -0.1) is 0 Å². The zero-order valence-corrected chi connectivity index (χ0v) is 26.7. The molecule has 0 saturated carbocycles. The topological polar surface area (TPSA) is 49.8 Å². The fourth-order valence-corrected chi connectivity index (χ4v) is 7.42. The number of aryl methyl sites for hydroxylation is 1. The number of rotatable bonds is 5. The summed E-state index contributed by atoms with van der Waals surface area (Å²) in [5.41, 5.74) is 8.66. The highest BCUT2D eigenvalue weighted by molar-refractivity contribution is 6.26. The van der Waals surface area contributed by atoms with Gasteiger partial charge in [-0.1, -0.05) is 72.8 Å². The van der Waals surface area contributed by atoms with E-state index in [1.807, 2.05) is 48.7 Å². The Labute approximate surface area is 281 Å². The molecule has 10 rings (SSSR count). The molecule has 4 aromatic heterocycles. The highest BCUT2D eigenvalue weighted by atomic mass is 16.5. The van der Waals surface area contributed by atoms with E-state index in [0.717, 1.165) is 67.4 Å². The molecule has 0 bridgehead atoms. The SMILES string of the molecule is Cn1c(-c2cccc(Oc3ccc4c5ccc6c(c7ccccc7n6-c6ccccc6)c5n(-c5ccccn5)c4c3)c2)nc2ccccc21. The molecule has 49 heavy (non-hydrogen) atoms. The van der Waals surface area contributed by atoms with Crippen LogP contribution < -0.4 is 4.74 Å². The van der Waals surface area contributed by atoms with Gasteiger partial charge in [-0.05, 0) is 72.8 Å². The summed E-state index contributed by atoms with van der Waals surface area (Å²) >= 11 is 0. The number of hydrogen-bond acceptors (Lipinski definition) is 3. The van der Waals surface area contributed by atoms with Gasteiger partial charge in [-0.3, -0.25) is 4.57 Å². The first-order valence-electron chi connectivity index (χ1n) is 16.4. The molecule has 0 amide bonds. The van der Waals surface area contributed by atoms with Gasteiger partial charge in [0.25, 0.3) is 0 Å². The zero-order chi connectivity index (χ0) is 32.5. The molecular formula is C43H29N5O. The van der Waals surface area contributed by atoms with Crippen molar-refractivity contribution in [1.29, 1.82) is 0 Å². The number of hydrogen-bond donors (Lipinski definition) is 0. The summed E-state index contributed by atoms with van der Waals surface area (Å²) in [4.78, 5) is 9.77. The molecule has 0 spiro atoms. The molecular weight excluding hydrogens is 603 g/mol. The monoisotopic (exact) mass is 631 g/mol. The van der Waals surface area contributed by atoms with Crippen molar-refractivity contribution >= 4 is 54.6 Å². The van der Waals surface area contributed by atoms with Crippen LogP contribution in [0, 0.1) is 0 Å². The van der Waals surface area contributed by atoms with Crippen LogP contribution in [0.25, 0.3) is 77.5 Å². The van der Waals surface area contributed by atoms with E-state index < -0.39 is 0 Å². The van der Waals surface area contributed by atoms with Gasteiger partial charge in [0.1, 0.15) is 23.1 Å². The number of pyridine rings is 1. The Bertz CT molecular complexity index is 2860. The highest BCUT2D eigenvalue weighted by Crippen LogP contribution is 2.42. The van der Waals surface area contributed by atoms with Crippen molar-refractivity contribution in [2.75, 3.05) is 0 Å². The first kappa shape index (κ1) is 27.5. The van der Waals surface area contributed by atoms with Crippen LogP contribution in [0.15, 0.2) is 158 Å². The van der Waals surface area contributed by atoms with Crippen LogP contribution in [-0.2, 0) is 7.05 Å². The van der Waals surface area contributed by atoms with Crippen molar-refractivity contribution in [3.8, 4) is 34.4 Å². The van der Waals surface area contributed by atoms with Gasteiger partial charge in [0.2, 0.25) is 0 Å². The van der Waals surface area contributed by atoms with Crippen molar-refractivity contribution in [2.45, 2.75) is 0 Å². The maximum atomic E-state index is 6.59. The molecule has 0 aliphatic heterocycles. The maximum Gasteiger partial charge on any atom is 0.140 e. The van der Waals surface area contributed by atoms with E-state index in [1.165, 1.54) is 21.7 Å². The third-order valence-corrected chi connectivity index (χ3v) is 9.54. The first-order valence-corrected chi connectivity index (χ1v) is 16.4. The highest BCUT2D eigenvalue weighted by Gasteiger charge is 2.21. The molecule has 0 aliphatic rings. The number of fused-ring (bicyclic) bond motifs is 8. The van der Waals surface area contributed by atoms with Gasteiger partial charge in [0, 0.05) is 52.1 Å². The summed E-state index contributed by atoms with van der Waals surface area (Å²) in [6.45, 7) is 0. The molecule has 0 atom stereocenters. The fourth-order valence-electron chi connectivity index (χ4n) is 7.42. The molecule has 0 N–H and O–H groups in total. The minimum absolute atomic E-state index is 0.748. The lowest BCUT2D eigenvalue weighted by Gasteiger charge is -2.10. The number of benzene rings is 6. The second kappa shape index (κ2) is 10.7. The summed E-state index contributed by atoms with van der Waals surface area (Å²) < 4.78 is 13.4. The third-order valence-electron chi connectivity index (χ3n) is 9.54. The summed E-state index contributed by atoms with van der Waals surface area (Å²) in [6, 6.07) is 52.5. The van der Waals surface area contributed by atoms with Crippen LogP contribution in [0.4, 0.5) is 0 Å². The molecule has 0 radical (unpaired) electrons. The van der Waals surface area contributed by atoms with E-state index in [2.05, 4.69) is 130 Å². The zero-order valence-electron chi connectivity index (χ0n) is 26.7. The minimum atomic E-state index is 0.748. The largest absolute Gasteiger partial charge is 0.457 e. The van der Waals surface area contributed by atoms with E-state index in [9.17, 15) is 0 Å². The second-order valence-corrected chi connectivity index (χ2v) is 12.4. The third kappa shape index (κ3) is 4.21. The van der Waals surface area contributed by atoms with Gasteiger partial charge >= 0.3 is 0 Å². The summed E-state index contributed by atoms with van der Waals surface area (Å²) in [7, 11) is 2.05. The summed E-state index contributed by atoms with van der Waals surface area (Å²) in [5, 5.41) is 4.69. The normalized spacial score (nSPS) is 11.8. The Morgan fingerprint density at radius 3 is 2.16 bits per heavy atom. The summed E-state index contributed by atoms with van der Waals surface area (Å²) in [6.07, 6.45) is 1.85. The summed E-state index contributed by atoms with van der Waals surface area (Å²) in [5.74, 6) is 3.25. The molecule has 232 valence electrons. The molecule has 0 aliphatic carbocycles. The number of para-hydroxylation sites is 4. The van der Waals surface area contributed by atoms with Crippen molar-refractivity contribution in [2.24, 2.45) is 7.05 Å². The van der Waals surface area contributed by atoms with E-state index in [-0.39, 0.29) is 0 Å². The molecule has 0 fully saturated rings. The lowest BCUT2D eigenvalue weighted by molar-refractivity contribution is 0.483. The molecule has 6 aromatic carbocycles. The van der Waals surface area contributed by atoms with Crippen molar-refractivity contribution < 1.29 is 4.74 Å². The average Bonchev–Trinajstić information content (AvgIpc) is 3.79. The Hall–Kier alpha value is -6.66. The standard InChI is InChI=1S/C43H29N5O/c1-46-37-19-8-6-17-35(37)45-43(46)28-12-11-15-30(26-28)49-31-21-22-32-33-23-24-38-41(42(33)48(39(32)27-31)40-20-9-10-25-44-40)34-16-5-7-18-36(34)47(38)29-13-3-2-4-14-29/h2-27H,1H3. The smallest absolute Gasteiger partial charge is 0.140 e. The number of nitrogens with zero attached hydrogens (tertiary/aromatic N) is 5. The Kier molecular flexibility index (Phi) is 5.99. The van der Waals surface area contributed by atoms with Gasteiger partial charge in [0.05, 0.1) is 33.1 Å². The van der Waals surface area contributed by atoms with Crippen LogP contribution in [-0.4, -0.2) is 23.7 Å². The van der Waals surface area contributed by atoms with E-state index in [0.29, 0.717) is 0 Å². The second-order valence-electron chi connectivity index (χ2n) is 12.4. The Morgan fingerprint density at radius 1 is 0.531 bits per heavy atom. The average molecular weight is 632 g/mol. The molecule has 0 unspecified atom stereocenters. The van der Waals surface area contributed by atoms with E-state index in [1.54, 1.807) is 0 Å². The lowest BCUT2D eigenvalue weighted by Crippen LogP contribution is -1.97. The van der Waals surface area contributed by atoms with Crippen LogP contribution in [0.3, 0.4) is 0 Å². The number of aromatic nitrogens is 5. The Balaban J connectivity index is 1.18. The predicted molar refractivity (Wildman–Crippen MR) is 199 cm³/mol. The van der Waals surface area contributed by atoms with Crippen molar-refractivity contribution in [1.82, 2.24) is 23.7 Å². The van der Waals surface area contributed by atoms with E-state index >= 15 is 0 Å². The molecule has 4 heterocycles. The van der Waals surface area contributed by atoms with Crippen LogP contribution in [0.1, 0.15) is 0 Å². The van der Waals surface area contributed by atoms with Gasteiger partial charge in [0.15, 0.2) is 0 Å². The predicted octanol–water partition coefficient (Wildman–Crippen LogP) is 10.6. The van der Waals surface area contributed by atoms with Crippen molar-refractivity contribution in [3.63, 3.8) is 0 Å². The van der Waals surface area contributed by atoms with Crippen LogP contribution in [0.2, 0.25) is 0 Å². The van der Waals surface area contributed by atoms with E-state index in [4.69, 9.17) is 14.7 Å². The molecule has 0 saturated heterocycles. The quantitative estimate of drug-likeness (QED) is 0.190. The molecule has 6 heteroatoms. The first-order chi connectivity index (χ1) is 24.2. The van der Waals surface area contributed by atoms with Gasteiger partial charge in [-0.25, -0.2) is 9.97 Å². The lowest BCUT2D eigenvalue weighted by atomic mass is 10.1. The van der Waals surface area contributed by atoms with Crippen LogP contribution in [0.5, 0.6) is 11.5 Å². The minimum Gasteiger partial charge on any atom is -0.457 e. The molecule has 6 nitrogen and oxygen atoms in total. The molecule has 10 aromatic rings. The Morgan fingerprint density at radius 2 is 1.31 bits per heavy atom.